The van der Waals surface area contributed by atoms with E-state index in [2.05, 4.69) is 5.11 Å². The van der Waals surface area contributed by atoms with E-state index in [4.69, 9.17) is 20.2 Å². The zero-order chi connectivity index (χ0) is 6.99. The summed E-state index contributed by atoms with van der Waals surface area (Å²) in [5, 5.41) is 9.72. The molecule has 0 aromatic rings. The van der Waals surface area contributed by atoms with Crippen LogP contribution in [0, 0.1) is 5.53 Å². The summed E-state index contributed by atoms with van der Waals surface area (Å²) in [6.45, 7) is 1.08. The summed E-state index contributed by atoms with van der Waals surface area (Å²) in [6, 6.07) is 0. The highest BCUT2D eigenvalue weighted by atomic mass is 16.4. The minimum atomic E-state index is -0.833. The average molecular weight is 118 g/mol. The lowest BCUT2D eigenvalue weighted by Crippen LogP contribution is -1.78. The van der Waals surface area contributed by atoms with Crippen LogP contribution in [0.15, 0.2) is 5.11 Å². The molecule has 0 rings (SSSR count). The van der Waals surface area contributed by atoms with Crippen molar-refractivity contribution in [3.63, 3.8) is 0 Å². The topological polar surface area (TPSA) is 90.6 Å². The van der Waals surface area contributed by atoms with E-state index in [0.717, 1.165) is 6.92 Å². The predicted molar refractivity (Wildman–Crippen MR) is 24.5 cm³/mol. The van der Waals surface area contributed by atoms with Crippen molar-refractivity contribution < 1.29 is 14.7 Å². The molecule has 5 heteroatoms. The second-order valence-electron chi connectivity index (χ2n) is 0.754. The number of nitrogens with one attached hydrogen (secondary N) is 1. The van der Waals surface area contributed by atoms with E-state index < -0.39 is 5.97 Å². The molecule has 0 saturated carbocycles. The molecule has 0 fully saturated rings. The lowest BCUT2D eigenvalue weighted by Gasteiger charge is -1.59. The maximum atomic E-state index is 9.00. The van der Waals surface area contributed by atoms with Crippen molar-refractivity contribution in [1.82, 2.24) is 0 Å². The molecular formula is C3H6N2O3. The van der Waals surface area contributed by atoms with E-state index in [9.17, 15) is 0 Å². The first kappa shape index (κ1) is 9.88. The van der Waals surface area contributed by atoms with Gasteiger partial charge in [-0.3, -0.25) is 9.59 Å². The number of carbonyl (C=O) groups is 2. The fraction of sp³-hybridized carbons (Fsp3) is 0.333. The van der Waals surface area contributed by atoms with Crippen LogP contribution in [0.1, 0.15) is 6.92 Å². The third-order valence-corrected chi connectivity index (χ3v) is 0.0527. The molecule has 0 unspecified atom stereocenters. The van der Waals surface area contributed by atoms with Crippen molar-refractivity contribution in [3.05, 3.63) is 0 Å². The van der Waals surface area contributed by atoms with Crippen LogP contribution in [0.5, 0.6) is 0 Å². The molecule has 8 heavy (non-hydrogen) atoms. The van der Waals surface area contributed by atoms with Crippen molar-refractivity contribution >= 4 is 12.4 Å². The van der Waals surface area contributed by atoms with Gasteiger partial charge in [-0.05, 0) is 0 Å². The summed E-state index contributed by atoms with van der Waals surface area (Å²) in [6.07, 6.45) is 0.167. The number of hydrogen-bond donors (Lipinski definition) is 2. The number of nitrogens with zero attached hydrogens (tertiary/aromatic N) is 1. The Morgan fingerprint density at radius 1 is 1.88 bits per heavy atom. The van der Waals surface area contributed by atoms with Gasteiger partial charge in [0.25, 0.3) is 12.4 Å². The molecule has 0 aliphatic carbocycles. The van der Waals surface area contributed by atoms with Crippen LogP contribution in [0.2, 0.25) is 0 Å². The van der Waals surface area contributed by atoms with Gasteiger partial charge in [0.2, 0.25) is 0 Å². The molecule has 1 amide bonds. The molecule has 0 aromatic carbocycles. The number of rotatable bonds is 1. The van der Waals surface area contributed by atoms with Crippen LogP contribution in [0.3, 0.4) is 0 Å². The van der Waals surface area contributed by atoms with Crippen molar-refractivity contribution in [2.75, 3.05) is 0 Å². The Bertz CT molecular complexity index is 80.5. The normalized spacial score (nSPS) is 5.62. The first-order valence-electron chi connectivity index (χ1n) is 1.65. The van der Waals surface area contributed by atoms with E-state index in [1.165, 1.54) is 0 Å². The van der Waals surface area contributed by atoms with Gasteiger partial charge < -0.3 is 5.11 Å². The van der Waals surface area contributed by atoms with E-state index in [0.29, 0.717) is 0 Å². The highest BCUT2D eigenvalue weighted by molar-refractivity contribution is 5.62. The Morgan fingerprint density at radius 3 is 2.00 bits per heavy atom. The third-order valence-electron chi connectivity index (χ3n) is 0.0527. The Balaban J connectivity index is 0. The van der Waals surface area contributed by atoms with Crippen LogP contribution >= 0.6 is 0 Å². The molecule has 0 aliphatic rings. The largest absolute Gasteiger partial charge is 0.481 e. The van der Waals surface area contributed by atoms with Crippen LogP contribution in [-0.4, -0.2) is 17.5 Å². The van der Waals surface area contributed by atoms with Gasteiger partial charge in [-0.15, -0.1) is 5.11 Å². The second kappa shape index (κ2) is 9.22. The fourth-order valence-electron chi connectivity index (χ4n) is 0. The quantitative estimate of drug-likeness (QED) is 0.382. The molecule has 0 saturated heterocycles. The van der Waals surface area contributed by atoms with E-state index >= 15 is 0 Å². The number of carboxylic acid groups (broad SMARTS) is 1. The number of hydrogen-bond acceptors (Lipinski definition) is 3. The minimum absolute atomic E-state index is 0.167. The number of amides is 1. The fourth-order valence-corrected chi connectivity index (χ4v) is 0. The lowest BCUT2D eigenvalue weighted by atomic mass is 10.9. The minimum Gasteiger partial charge on any atom is -0.481 e. The highest BCUT2D eigenvalue weighted by Crippen LogP contribution is 1.42. The summed E-state index contributed by atoms with van der Waals surface area (Å²) in [5.74, 6) is -0.833. The molecule has 46 valence electrons. The van der Waals surface area contributed by atoms with Crippen molar-refractivity contribution in [3.8, 4) is 0 Å². The summed E-state index contributed by atoms with van der Waals surface area (Å²) in [4.78, 5) is 17.8. The molecule has 0 bridgehead atoms. The van der Waals surface area contributed by atoms with Crippen LogP contribution in [-0.2, 0) is 9.59 Å². The van der Waals surface area contributed by atoms with Crippen LogP contribution in [0.25, 0.3) is 0 Å². The summed E-state index contributed by atoms with van der Waals surface area (Å²) >= 11 is 0. The van der Waals surface area contributed by atoms with Crippen LogP contribution in [0.4, 0.5) is 0 Å². The first-order valence-corrected chi connectivity index (χ1v) is 1.65. The Labute approximate surface area is 45.8 Å². The number of carboxylic acids is 1. The lowest BCUT2D eigenvalue weighted by molar-refractivity contribution is -0.134. The third kappa shape index (κ3) is 981. The van der Waals surface area contributed by atoms with E-state index in [1.54, 1.807) is 0 Å². The molecule has 0 radical (unpaired) electrons. The molecule has 0 atom stereocenters. The standard InChI is InChI=1S/C2H4O2.CH2N2O/c1-2(3)4;2-3-1-4/h1H3,(H,3,4);1-2H. The van der Waals surface area contributed by atoms with E-state index in [1.807, 2.05) is 0 Å². The first-order chi connectivity index (χ1) is 3.65. The monoisotopic (exact) mass is 118 g/mol. The van der Waals surface area contributed by atoms with Gasteiger partial charge in [0.15, 0.2) is 0 Å². The van der Waals surface area contributed by atoms with Gasteiger partial charge in [0.1, 0.15) is 0 Å². The maximum Gasteiger partial charge on any atom is 0.300 e. The van der Waals surface area contributed by atoms with Gasteiger partial charge in [-0.25, -0.2) is 5.53 Å². The van der Waals surface area contributed by atoms with Crippen LogP contribution < -0.4 is 0 Å². The van der Waals surface area contributed by atoms with Gasteiger partial charge >= 0.3 is 0 Å². The highest BCUT2D eigenvalue weighted by Gasteiger charge is 1.65. The summed E-state index contributed by atoms with van der Waals surface area (Å²) < 4.78 is 0. The zero-order valence-electron chi connectivity index (χ0n) is 4.29. The van der Waals surface area contributed by atoms with Gasteiger partial charge in [-0.2, -0.15) is 0 Å². The molecule has 5 nitrogen and oxygen atoms in total. The van der Waals surface area contributed by atoms with Gasteiger partial charge in [-0.1, -0.05) is 0 Å². The van der Waals surface area contributed by atoms with Gasteiger partial charge in [0, 0.05) is 6.92 Å². The van der Waals surface area contributed by atoms with Crippen molar-refractivity contribution in [2.24, 2.45) is 5.11 Å². The van der Waals surface area contributed by atoms with Crippen molar-refractivity contribution in [2.45, 2.75) is 6.92 Å². The van der Waals surface area contributed by atoms with Crippen molar-refractivity contribution in [1.29, 1.82) is 5.53 Å². The summed E-state index contributed by atoms with van der Waals surface area (Å²) in [5.41, 5.74) is 5.71. The maximum absolute atomic E-state index is 9.00. The zero-order valence-corrected chi connectivity index (χ0v) is 4.29. The predicted octanol–water partition coefficient (Wildman–Crippen LogP) is 0.265. The molecule has 0 aromatic heterocycles. The number of aliphatic carboxylic acids is 1. The Hall–Kier alpha value is -1.26. The SMILES string of the molecule is CC(=O)O.N=NC=O. The molecule has 0 aliphatic heterocycles. The summed E-state index contributed by atoms with van der Waals surface area (Å²) in [7, 11) is 0. The Morgan fingerprint density at radius 2 is 2.00 bits per heavy atom. The van der Waals surface area contributed by atoms with E-state index in [-0.39, 0.29) is 6.41 Å². The van der Waals surface area contributed by atoms with Gasteiger partial charge in [0.05, 0.1) is 0 Å². The molecule has 2 N–H and O–H groups in total. The average Bonchev–Trinajstić information content (AvgIpc) is 1.65. The molecule has 0 spiro atoms. The Kier molecular flexibility index (Phi) is 11.4. The second-order valence-corrected chi connectivity index (χ2v) is 0.754. The number of carbonyl (C=O) groups excluding carboxylic acids is 1. The molecule has 0 heterocycles. The smallest absolute Gasteiger partial charge is 0.300 e. The molecular weight excluding hydrogens is 112 g/mol.